The molecule has 0 bridgehead atoms. The molecule has 0 aromatic carbocycles. The molecule has 0 fully saturated rings. The Kier molecular flexibility index (Phi) is 5.76. The Balaban J connectivity index is 2.21. The molecule has 1 unspecified atom stereocenters. The van der Waals surface area contributed by atoms with E-state index in [4.69, 9.17) is 4.74 Å². The average Bonchev–Trinajstić information content (AvgIpc) is 2.27. The van der Waals surface area contributed by atoms with Gasteiger partial charge >= 0.3 is 6.09 Å². The second-order valence-electron chi connectivity index (χ2n) is 5.54. The summed E-state index contributed by atoms with van der Waals surface area (Å²) in [5, 5.41) is 6.04. The summed E-state index contributed by atoms with van der Waals surface area (Å²) < 4.78 is 5.19. The first-order valence-electron chi connectivity index (χ1n) is 6.46. The Labute approximate surface area is 114 Å². The van der Waals surface area contributed by atoms with E-state index in [-0.39, 0.29) is 12.1 Å². The molecule has 0 spiro atoms. The number of carbonyl (C=O) groups excluding carboxylic acids is 1. The smallest absolute Gasteiger partial charge is 0.407 e. The van der Waals surface area contributed by atoms with Crippen molar-refractivity contribution in [2.75, 3.05) is 6.54 Å². The Morgan fingerprint density at radius 2 is 2.21 bits per heavy atom. The van der Waals surface area contributed by atoms with Crippen LogP contribution in [0.25, 0.3) is 0 Å². The number of rotatable bonds is 5. The number of aromatic nitrogens is 1. The van der Waals surface area contributed by atoms with E-state index in [0.717, 1.165) is 12.1 Å². The fourth-order valence-corrected chi connectivity index (χ4v) is 1.50. The van der Waals surface area contributed by atoms with Crippen molar-refractivity contribution in [3.05, 3.63) is 30.1 Å². The molecular formula is C14H23N3O2. The lowest BCUT2D eigenvalue weighted by atomic mass is 10.2. The summed E-state index contributed by atoms with van der Waals surface area (Å²) in [6.45, 7) is 8.87. The van der Waals surface area contributed by atoms with Gasteiger partial charge in [0.2, 0.25) is 0 Å². The number of amides is 1. The Bertz CT molecular complexity index is 387. The highest BCUT2D eigenvalue weighted by atomic mass is 16.6. The maximum atomic E-state index is 11.5. The van der Waals surface area contributed by atoms with Crippen molar-refractivity contribution in [2.45, 2.75) is 45.9 Å². The third-order valence-corrected chi connectivity index (χ3v) is 2.27. The van der Waals surface area contributed by atoms with Gasteiger partial charge < -0.3 is 15.4 Å². The molecule has 0 radical (unpaired) electrons. The molecule has 0 aliphatic rings. The fraction of sp³-hybridized carbons (Fsp3) is 0.571. The van der Waals surface area contributed by atoms with Crippen LogP contribution in [0.1, 0.15) is 33.3 Å². The molecule has 1 aromatic heterocycles. The van der Waals surface area contributed by atoms with Gasteiger partial charge in [-0.3, -0.25) is 4.98 Å². The van der Waals surface area contributed by atoms with Gasteiger partial charge in [-0.15, -0.1) is 0 Å². The molecule has 0 saturated heterocycles. The zero-order chi connectivity index (χ0) is 14.3. The van der Waals surface area contributed by atoms with E-state index in [1.165, 1.54) is 0 Å². The molecule has 1 atom stereocenters. The number of hydrogen-bond donors (Lipinski definition) is 2. The van der Waals surface area contributed by atoms with Crippen LogP contribution in [0.15, 0.2) is 24.5 Å². The molecule has 1 aromatic rings. The van der Waals surface area contributed by atoms with Crippen LogP contribution in [0.4, 0.5) is 4.79 Å². The van der Waals surface area contributed by atoms with Crippen molar-refractivity contribution in [3.63, 3.8) is 0 Å². The first-order valence-corrected chi connectivity index (χ1v) is 6.46. The molecule has 19 heavy (non-hydrogen) atoms. The third kappa shape index (κ3) is 7.41. The number of hydrogen-bond acceptors (Lipinski definition) is 4. The van der Waals surface area contributed by atoms with Crippen molar-refractivity contribution >= 4 is 6.09 Å². The number of pyridine rings is 1. The van der Waals surface area contributed by atoms with Gasteiger partial charge in [-0.25, -0.2) is 4.79 Å². The summed E-state index contributed by atoms with van der Waals surface area (Å²) in [6.07, 6.45) is 3.18. The molecule has 0 saturated carbocycles. The minimum absolute atomic E-state index is 0.00604. The van der Waals surface area contributed by atoms with Crippen molar-refractivity contribution in [3.8, 4) is 0 Å². The van der Waals surface area contributed by atoms with Crippen LogP contribution in [0, 0.1) is 0 Å². The Morgan fingerprint density at radius 1 is 1.47 bits per heavy atom. The lowest BCUT2D eigenvalue weighted by molar-refractivity contribution is 0.0508. The molecule has 1 rings (SSSR count). The van der Waals surface area contributed by atoms with Gasteiger partial charge in [-0.05, 0) is 39.3 Å². The predicted molar refractivity (Wildman–Crippen MR) is 74.8 cm³/mol. The quantitative estimate of drug-likeness (QED) is 0.855. The van der Waals surface area contributed by atoms with Crippen LogP contribution in [0.3, 0.4) is 0 Å². The number of nitrogens with zero attached hydrogens (tertiary/aromatic N) is 1. The van der Waals surface area contributed by atoms with E-state index in [0.29, 0.717) is 6.54 Å². The van der Waals surface area contributed by atoms with E-state index in [9.17, 15) is 4.79 Å². The average molecular weight is 265 g/mol. The second-order valence-corrected chi connectivity index (χ2v) is 5.54. The van der Waals surface area contributed by atoms with Crippen LogP contribution in [-0.2, 0) is 11.3 Å². The zero-order valence-electron chi connectivity index (χ0n) is 12.1. The van der Waals surface area contributed by atoms with Crippen LogP contribution >= 0.6 is 0 Å². The van der Waals surface area contributed by atoms with Gasteiger partial charge in [-0.2, -0.15) is 0 Å². The van der Waals surface area contributed by atoms with Crippen molar-refractivity contribution in [2.24, 2.45) is 0 Å². The normalized spacial score (nSPS) is 12.8. The van der Waals surface area contributed by atoms with Crippen molar-refractivity contribution < 1.29 is 9.53 Å². The standard InChI is InChI=1S/C14H23N3O2/c1-11(17-13(18)19-14(2,3)4)8-16-10-12-6-5-7-15-9-12/h5-7,9,11,16H,8,10H2,1-4H3,(H,17,18). The highest BCUT2D eigenvalue weighted by Crippen LogP contribution is 2.06. The summed E-state index contributed by atoms with van der Waals surface area (Å²) in [7, 11) is 0. The molecular weight excluding hydrogens is 242 g/mol. The minimum atomic E-state index is -0.465. The molecule has 5 nitrogen and oxygen atoms in total. The largest absolute Gasteiger partial charge is 0.444 e. The van der Waals surface area contributed by atoms with Crippen LogP contribution in [0.2, 0.25) is 0 Å². The number of ether oxygens (including phenoxy) is 1. The fourth-order valence-electron chi connectivity index (χ4n) is 1.50. The van der Waals surface area contributed by atoms with Crippen molar-refractivity contribution in [1.82, 2.24) is 15.6 Å². The second kappa shape index (κ2) is 7.09. The molecule has 5 heteroatoms. The van der Waals surface area contributed by atoms with E-state index in [1.54, 1.807) is 6.20 Å². The number of alkyl carbamates (subject to hydrolysis) is 1. The first-order chi connectivity index (χ1) is 8.87. The third-order valence-electron chi connectivity index (χ3n) is 2.27. The van der Waals surface area contributed by atoms with Crippen LogP contribution in [-0.4, -0.2) is 29.3 Å². The SMILES string of the molecule is CC(CNCc1cccnc1)NC(=O)OC(C)(C)C. The monoisotopic (exact) mass is 265 g/mol. The summed E-state index contributed by atoms with van der Waals surface area (Å²) in [5.74, 6) is 0. The zero-order valence-corrected chi connectivity index (χ0v) is 12.1. The molecule has 106 valence electrons. The van der Waals surface area contributed by atoms with Crippen LogP contribution in [0.5, 0.6) is 0 Å². The van der Waals surface area contributed by atoms with Gasteiger partial charge in [0, 0.05) is 31.5 Å². The lowest BCUT2D eigenvalue weighted by Gasteiger charge is -2.22. The maximum Gasteiger partial charge on any atom is 0.407 e. The van der Waals surface area contributed by atoms with Gasteiger partial charge in [0.05, 0.1) is 0 Å². The lowest BCUT2D eigenvalue weighted by Crippen LogP contribution is -2.42. The highest BCUT2D eigenvalue weighted by Gasteiger charge is 2.17. The first kappa shape index (κ1) is 15.4. The molecule has 0 aliphatic carbocycles. The number of nitrogens with one attached hydrogen (secondary N) is 2. The van der Waals surface area contributed by atoms with Gasteiger partial charge in [0.15, 0.2) is 0 Å². The summed E-state index contributed by atoms with van der Waals surface area (Å²) in [6, 6.07) is 3.91. The van der Waals surface area contributed by atoms with E-state index in [1.807, 2.05) is 46.0 Å². The van der Waals surface area contributed by atoms with E-state index in [2.05, 4.69) is 15.6 Å². The summed E-state index contributed by atoms with van der Waals surface area (Å²) in [4.78, 5) is 15.6. The topological polar surface area (TPSA) is 63.2 Å². The maximum absolute atomic E-state index is 11.5. The summed E-state index contributed by atoms with van der Waals surface area (Å²) in [5.41, 5.74) is 0.652. The van der Waals surface area contributed by atoms with Crippen molar-refractivity contribution in [1.29, 1.82) is 0 Å². The van der Waals surface area contributed by atoms with Gasteiger partial charge in [0.1, 0.15) is 5.60 Å². The van der Waals surface area contributed by atoms with E-state index < -0.39 is 5.60 Å². The Morgan fingerprint density at radius 3 is 2.79 bits per heavy atom. The highest BCUT2D eigenvalue weighted by molar-refractivity contribution is 5.68. The molecule has 1 amide bonds. The minimum Gasteiger partial charge on any atom is -0.444 e. The van der Waals surface area contributed by atoms with Gasteiger partial charge in [-0.1, -0.05) is 6.07 Å². The van der Waals surface area contributed by atoms with Crippen LogP contribution < -0.4 is 10.6 Å². The number of carbonyl (C=O) groups is 1. The molecule has 1 heterocycles. The molecule has 0 aliphatic heterocycles. The Hall–Kier alpha value is -1.62. The summed E-state index contributed by atoms with van der Waals surface area (Å²) >= 11 is 0. The van der Waals surface area contributed by atoms with Gasteiger partial charge in [0.25, 0.3) is 0 Å². The predicted octanol–water partition coefficient (Wildman–Crippen LogP) is 2.08. The van der Waals surface area contributed by atoms with E-state index >= 15 is 0 Å². The molecule has 2 N–H and O–H groups in total.